The van der Waals surface area contributed by atoms with Crippen molar-refractivity contribution in [1.29, 1.82) is 0 Å². The predicted molar refractivity (Wildman–Crippen MR) is 67.8 cm³/mol. The molecule has 1 nitrogen and oxygen atoms in total. The van der Waals surface area contributed by atoms with Crippen molar-refractivity contribution in [2.75, 3.05) is 0 Å². The maximum absolute atomic E-state index is 12.9. The van der Waals surface area contributed by atoms with Crippen LogP contribution in [-0.2, 0) is 11.6 Å². The van der Waals surface area contributed by atoms with Crippen molar-refractivity contribution >= 4 is 0 Å². The minimum absolute atomic E-state index is 0.0353. The molecule has 1 spiro atoms. The summed E-state index contributed by atoms with van der Waals surface area (Å²) < 4.78 is 38.7. The molecule has 1 aromatic rings. The third kappa shape index (κ3) is 2.06. The van der Waals surface area contributed by atoms with Crippen LogP contribution in [0.1, 0.15) is 61.3 Å². The smallest absolute Gasteiger partial charge is 0.324 e. The van der Waals surface area contributed by atoms with E-state index in [-0.39, 0.29) is 11.5 Å². The topological polar surface area (TPSA) is 26.0 Å². The SMILES string of the molecule is NC1CCC2(CCCC2)c2cc(C(F)(F)F)ccc21. The van der Waals surface area contributed by atoms with Crippen LogP contribution in [0, 0.1) is 0 Å². The zero-order valence-electron chi connectivity index (χ0n) is 10.8. The zero-order chi connectivity index (χ0) is 13.7. The normalized spacial score (nSPS) is 25.6. The van der Waals surface area contributed by atoms with E-state index < -0.39 is 11.7 Å². The summed E-state index contributed by atoms with van der Waals surface area (Å²) in [5, 5.41) is 0. The minimum atomic E-state index is -4.27. The number of hydrogen-bond donors (Lipinski definition) is 1. The van der Waals surface area contributed by atoms with Crippen LogP contribution >= 0.6 is 0 Å². The summed E-state index contributed by atoms with van der Waals surface area (Å²) in [5.41, 5.74) is 7.31. The molecule has 3 rings (SSSR count). The summed E-state index contributed by atoms with van der Waals surface area (Å²) in [5.74, 6) is 0. The van der Waals surface area contributed by atoms with Crippen LogP contribution in [0.15, 0.2) is 18.2 Å². The lowest BCUT2D eigenvalue weighted by Crippen LogP contribution is -2.32. The van der Waals surface area contributed by atoms with Crippen molar-refractivity contribution in [1.82, 2.24) is 0 Å². The maximum Gasteiger partial charge on any atom is 0.416 e. The van der Waals surface area contributed by atoms with Crippen LogP contribution in [0.3, 0.4) is 0 Å². The molecule has 0 radical (unpaired) electrons. The number of alkyl halides is 3. The Bertz CT molecular complexity index is 487. The molecule has 1 fully saturated rings. The minimum Gasteiger partial charge on any atom is -0.324 e. The van der Waals surface area contributed by atoms with Gasteiger partial charge in [-0.25, -0.2) is 0 Å². The molecule has 1 saturated carbocycles. The highest BCUT2D eigenvalue weighted by atomic mass is 19.4. The lowest BCUT2D eigenvalue weighted by atomic mass is 9.67. The van der Waals surface area contributed by atoms with Crippen LogP contribution < -0.4 is 5.73 Å². The van der Waals surface area contributed by atoms with Gasteiger partial charge in [-0.05, 0) is 54.4 Å². The molecule has 1 aromatic carbocycles. The zero-order valence-corrected chi connectivity index (χ0v) is 10.8. The van der Waals surface area contributed by atoms with E-state index in [0.717, 1.165) is 49.7 Å². The fourth-order valence-corrected chi connectivity index (χ4v) is 3.81. The summed E-state index contributed by atoms with van der Waals surface area (Å²) in [6.07, 6.45) is 1.80. The van der Waals surface area contributed by atoms with Crippen molar-refractivity contribution < 1.29 is 13.2 Å². The van der Waals surface area contributed by atoms with E-state index in [4.69, 9.17) is 5.73 Å². The molecule has 1 atom stereocenters. The molecule has 0 heterocycles. The van der Waals surface area contributed by atoms with Gasteiger partial charge in [-0.2, -0.15) is 13.2 Å². The van der Waals surface area contributed by atoms with Gasteiger partial charge in [0, 0.05) is 6.04 Å². The Morgan fingerprint density at radius 3 is 2.42 bits per heavy atom. The summed E-state index contributed by atoms with van der Waals surface area (Å²) in [4.78, 5) is 0. The van der Waals surface area contributed by atoms with Gasteiger partial charge < -0.3 is 5.73 Å². The van der Waals surface area contributed by atoms with Crippen molar-refractivity contribution in [2.45, 2.75) is 56.2 Å². The third-order valence-corrected chi connectivity index (χ3v) is 4.85. The number of rotatable bonds is 0. The predicted octanol–water partition coefficient (Wildman–Crippen LogP) is 4.31. The number of fused-ring (bicyclic) bond motifs is 2. The molecule has 2 N–H and O–H groups in total. The number of nitrogens with two attached hydrogens (primary N) is 1. The Balaban J connectivity index is 2.13. The van der Waals surface area contributed by atoms with Gasteiger partial charge in [0.15, 0.2) is 0 Å². The van der Waals surface area contributed by atoms with Gasteiger partial charge >= 0.3 is 6.18 Å². The summed E-state index contributed by atoms with van der Waals surface area (Å²) in [7, 11) is 0. The molecule has 2 aliphatic carbocycles. The molecular formula is C15H18F3N. The highest BCUT2D eigenvalue weighted by Crippen LogP contribution is 2.51. The highest BCUT2D eigenvalue weighted by molar-refractivity contribution is 5.43. The molecule has 0 amide bonds. The van der Waals surface area contributed by atoms with Gasteiger partial charge in [-0.3, -0.25) is 0 Å². The van der Waals surface area contributed by atoms with Gasteiger partial charge in [0.05, 0.1) is 5.56 Å². The summed E-state index contributed by atoms with van der Waals surface area (Å²) >= 11 is 0. The second kappa shape index (κ2) is 4.23. The van der Waals surface area contributed by atoms with Crippen LogP contribution in [0.2, 0.25) is 0 Å². The van der Waals surface area contributed by atoms with Crippen molar-refractivity contribution in [2.24, 2.45) is 5.73 Å². The fraction of sp³-hybridized carbons (Fsp3) is 0.600. The number of benzene rings is 1. The number of hydrogen-bond acceptors (Lipinski definition) is 1. The standard InChI is InChI=1S/C15H18F3N/c16-15(17,18)10-3-4-11-12(9-10)14(6-1-2-7-14)8-5-13(11)19/h3-4,9,13H,1-2,5-8,19H2. The Kier molecular flexibility index (Phi) is 2.89. The molecule has 1 unspecified atom stereocenters. The van der Waals surface area contributed by atoms with Gasteiger partial charge in [-0.15, -0.1) is 0 Å². The van der Waals surface area contributed by atoms with Crippen LogP contribution in [0.25, 0.3) is 0 Å². The summed E-state index contributed by atoms with van der Waals surface area (Å²) in [6.45, 7) is 0. The Hall–Kier alpha value is -1.03. The summed E-state index contributed by atoms with van der Waals surface area (Å²) in [6, 6.07) is 4.03. The molecule has 4 heteroatoms. The molecule has 0 saturated heterocycles. The van der Waals surface area contributed by atoms with E-state index in [1.54, 1.807) is 6.07 Å². The Morgan fingerprint density at radius 1 is 1.11 bits per heavy atom. The van der Waals surface area contributed by atoms with Crippen LogP contribution in [0.4, 0.5) is 13.2 Å². The van der Waals surface area contributed by atoms with Crippen molar-refractivity contribution in [3.8, 4) is 0 Å². The Labute approximate surface area is 111 Å². The molecule has 0 bridgehead atoms. The lowest BCUT2D eigenvalue weighted by molar-refractivity contribution is -0.137. The van der Waals surface area contributed by atoms with E-state index in [1.165, 1.54) is 12.1 Å². The van der Waals surface area contributed by atoms with Gasteiger partial charge in [0.1, 0.15) is 0 Å². The first-order valence-corrected chi connectivity index (χ1v) is 6.90. The largest absolute Gasteiger partial charge is 0.416 e. The van der Waals surface area contributed by atoms with Gasteiger partial charge in [0.2, 0.25) is 0 Å². The molecule has 104 valence electrons. The number of halogens is 3. The highest BCUT2D eigenvalue weighted by Gasteiger charge is 2.42. The van der Waals surface area contributed by atoms with E-state index in [9.17, 15) is 13.2 Å². The third-order valence-electron chi connectivity index (χ3n) is 4.85. The lowest BCUT2D eigenvalue weighted by Gasteiger charge is -2.39. The molecule has 0 aliphatic heterocycles. The van der Waals surface area contributed by atoms with E-state index in [1.807, 2.05) is 0 Å². The quantitative estimate of drug-likeness (QED) is 0.746. The first-order valence-electron chi connectivity index (χ1n) is 6.90. The second-order valence-electron chi connectivity index (χ2n) is 5.93. The molecule has 2 aliphatic rings. The first-order chi connectivity index (χ1) is 8.92. The van der Waals surface area contributed by atoms with Gasteiger partial charge in [-0.1, -0.05) is 18.9 Å². The molecule has 0 aromatic heterocycles. The monoisotopic (exact) mass is 269 g/mol. The van der Waals surface area contributed by atoms with Gasteiger partial charge in [0.25, 0.3) is 0 Å². The van der Waals surface area contributed by atoms with E-state index in [0.29, 0.717) is 0 Å². The Morgan fingerprint density at radius 2 is 1.79 bits per heavy atom. The van der Waals surface area contributed by atoms with E-state index in [2.05, 4.69) is 0 Å². The average Bonchev–Trinajstić information content (AvgIpc) is 2.83. The average molecular weight is 269 g/mol. The second-order valence-corrected chi connectivity index (χ2v) is 5.93. The van der Waals surface area contributed by atoms with E-state index >= 15 is 0 Å². The van der Waals surface area contributed by atoms with Crippen LogP contribution in [0.5, 0.6) is 0 Å². The molecular weight excluding hydrogens is 251 g/mol. The maximum atomic E-state index is 12.9. The molecule has 19 heavy (non-hydrogen) atoms. The fourth-order valence-electron chi connectivity index (χ4n) is 3.81. The van der Waals surface area contributed by atoms with Crippen molar-refractivity contribution in [3.63, 3.8) is 0 Å². The first kappa shape index (κ1) is 13.0. The van der Waals surface area contributed by atoms with Crippen LogP contribution in [-0.4, -0.2) is 0 Å². The van der Waals surface area contributed by atoms with Crippen molar-refractivity contribution in [3.05, 3.63) is 34.9 Å².